The van der Waals surface area contributed by atoms with Crippen molar-refractivity contribution < 1.29 is 33.4 Å². The smallest absolute Gasteiger partial charge is 0.324 e. The Morgan fingerprint density at radius 2 is 1.94 bits per heavy atom. The minimum absolute atomic E-state index is 0.0819. The Hall–Kier alpha value is -5.19. The predicted molar refractivity (Wildman–Crippen MR) is 243 cm³/mol. The summed E-state index contributed by atoms with van der Waals surface area (Å²) in [5.41, 5.74) is 9.62. The average Bonchev–Trinajstić information content (AvgIpc) is 4.02. The molecule has 2 N–H and O–H groups in total. The van der Waals surface area contributed by atoms with E-state index in [0.29, 0.717) is 43.8 Å². The van der Waals surface area contributed by atoms with Crippen LogP contribution in [0.2, 0.25) is 0 Å². The number of allylic oxidation sites excluding steroid dienone is 1. The zero-order valence-corrected chi connectivity index (χ0v) is 38.7. The number of nitrogens with zero attached hydrogens (tertiary/aromatic N) is 6. The van der Waals surface area contributed by atoms with E-state index in [1.165, 1.54) is 27.3 Å². The van der Waals surface area contributed by atoms with Gasteiger partial charge in [0.25, 0.3) is 5.91 Å². The van der Waals surface area contributed by atoms with Crippen LogP contribution in [0.4, 0.5) is 0 Å². The van der Waals surface area contributed by atoms with Crippen LogP contribution < -0.4 is 10.7 Å². The average molecular weight is 883 g/mol. The molecule has 4 amide bonds. The molecule has 16 heteroatoms. The molecule has 0 unspecified atom stereocenters. The second-order valence-corrected chi connectivity index (χ2v) is 19.4. The normalized spacial score (nSPS) is 22.8. The van der Waals surface area contributed by atoms with Gasteiger partial charge in [0.2, 0.25) is 17.7 Å². The number of amides is 4. The molecular weight excluding hydrogens is 821 g/mol. The van der Waals surface area contributed by atoms with E-state index in [0.717, 1.165) is 57.5 Å². The summed E-state index contributed by atoms with van der Waals surface area (Å²) in [6, 6.07) is 3.60. The number of carbonyl (C=O) groups excluding carboxylic acids is 5. The third-order valence-corrected chi connectivity index (χ3v) is 13.8. The van der Waals surface area contributed by atoms with E-state index in [-0.39, 0.29) is 43.4 Å². The van der Waals surface area contributed by atoms with Crippen molar-refractivity contribution in [1.29, 1.82) is 0 Å². The summed E-state index contributed by atoms with van der Waals surface area (Å²) >= 11 is 1.41. The van der Waals surface area contributed by atoms with E-state index in [1.807, 2.05) is 32.4 Å². The summed E-state index contributed by atoms with van der Waals surface area (Å²) in [4.78, 5) is 81.8. The highest BCUT2D eigenvalue weighted by molar-refractivity contribution is 7.10. The molecule has 6 bridgehead atoms. The van der Waals surface area contributed by atoms with Gasteiger partial charge in [0.05, 0.1) is 35.0 Å². The number of likely N-dealkylation sites (tertiary alicyclic amines) is 1. The quantitative estimate of drug-likeness (QED) is 0.220. The Labute approximate surface area is 373 Å². The predicted octanol–water partition coefficient (Wildman–Crippen LogP) is 5.08. The maximum atomic E-state index is 14.6. The van der Waals surface area contributed by atoms with Gasteiger partial charge in [0.15, 0.2) is 0 Å². The highest BCUT2D eigenvalue weighted by Gasteiger charge is 2.40. The first-order valence-corrected chi connectivity index (χ1v) is 23.0. The third kappa shape index (κ3) is 9.53. The zero-order valence-electron chi connectivity index (χ0n) is 37.9. The molecule has 63 heavy (non-hydrogen) atoms. The summed E-state index contributed by atoms with van der Waals surface area (Å²) < 4.78 is 14.1. The first-order valence-electron chi connectivity index (χ1n) is 22.1. The summed E-state index contributed by atoms with van der Waals surface area (Å²) in [5, 5.41) is 8.11. The van der Waals surface area contributed by atoms with Crippen LogP contribution in [-0.4, -0.2) is 125 Å². The molecule has 3 aromatic rings. The second kappa shape index (κ2) is 18.9. The second-order valence-electron chi connectivity index (χ2n) is 18.5. The van der Waals surface area contributed by atoms with Crippen LogP contribution in [0.1, 0.15) is 83.0 Å². The maximum Gasteiger partial charge on any atom is 0.324 e. The number of aliphatic imine (C=N–C) groups is 1. The van der Waals surface area contributed by atoms with Crippen molar-refractivity contribution in [2.24, 2.45) is 29.3 Å². The molecule has 2 aromatic heterocycles. The lowest BCUT2D eigenvalue weighted by atomic mass is 9.83. The molecule has 2 saturated heterocycles. The SMILES string of the molecule is C=CC(=O)N1CC[C@H](C(=O)N(C)[C@H](C(=O)N[C@H]2Cc3nc(cs3)-c3ccc4c(c3)c(c(C3=C([C@H](C)OC)N=CCC3)n4C)CC(C)(C)COC(=O)[C@@H]3CCCN(N3)C2=O)C(C)C)C1. The molecule has 0 aliphatic carbocycles. The van der Waals surface area contributed by atoms with Crippen LogP contribution in [-0.2, 0) is 53.3 Å². The minimum atomic E-state index is -1.07. The number of esters is 1. The highest BCUT2D eigenvalue weighted by atomic mass is 32.1. The van der Waals surface area contributed by atoms with Crippen molar-refractivity contribution in [2.75, 3.05) is 40.4 Å². The number of nitrogens with one attached hydrogen (secondary N) is 2. The van der Waals surface area contributed by atoms with Gasteiger partial charge < -0.3 is 29.2 Å². The molecule has 2 fully saturated rings. The highest BCUT2D eigenvalue weighted by Crippen LogP contribution is 2.41. The Balaban J connectivity index is 1.25. The number of hydrogen-bond donors (Lipinski definition) is 2. The number of cyclic esters (lactones) is 1. The fourth-order valence-corrected chi connectivity index (χ4v) is 10.4. The van der Waals surface area contributed by atoms with Gasteiger partial charge in [-0.3, -0.25) is 34.0 Å². The van der Waals surface area contributed by atoms with Gasteiger partial charge >= 0.3 is 5.97 Å². The van der Waals surface area contributed by atoms with Gasteiger partial charge in [0, 0.05) is 92.0 Å². The van der Waals surface area contributed by atoms with Gasteiger partial charge in [0.1, 0.15) is 18.1 Å². The van der Waals surface area contributed by atoms with Crippen molar-refractivity contribution >= 4 is 63.6 Å². The zero-order chi connectivity index (χ0) is 45.3. The molecule has 15 nitrogen and oxygen atoms in total. The number of benzene rings is 1. The van der Waals surface area contributed by atoms with Crippen LogP contribution in [0, 0.1) is 17.3 Å². The number of fused-ring (bicyclic) bond motifs is 6. The van der Waals surface area contributed by atoms with E-state index in [9.17, 15) is 24.0 Å². The first-order chi connectivity index (χ1) is 30.0. The molecule has 1 aromatic carbocycles. The van der Waals surface area contributed by atoms with Gasteiger partial charge in [-0.2, -0.15) is 0 Å². The van der Waals surface area contributed by atoms with Crippen LogP contribution in [0.15, 0.2) is 46.9 Å². The van der Waals surface area contributed by atoms with Gasteiger partial charge in [-0.15, -0.1) is 11.3 Å². The number of hydrazine groups is 1. The summed E-state index contributed by atoms with van der Waals surface area (Å²) in [7, 11) is 5.39. The molecular formula is C47H62N8O7S. The van der Waals surface area contributed by atoms with Gasteiger partial charge in [-0.05, 0) is 75.1 Å². The van der Waals surface area contributed by atoms with E-state index in [2.05, 4.69) is 61.0 Å². The number of aromatic nitrogens is 2. The van der Waals surface area contributed by atoms with Gasteiger partial charge in [-0.1, -0.05) is 40.3 Å². The molecule has 338 valence electrons. The molecule has 5 atom stereocenters. The van der Waals surface area contributed by atoms with E-state index in [1.54, 1.807) is 19.1 Å². The van der Waals surface area contributed by atoms with Crippen LogP contribution in [0.25, 0.3) is 27.7 Å². The number of carbonyl (C=O) groups is 5. The van der Waals surface area contributed by atoms with E-state index in [4.69, 9.17) is 19.5 Å². The first kappa shape index (κ1) is 45.8. The third-order valence-electron chi connectivity index (χ3n) is 12.9. The molecule has 4 aliphatic rings. The Morgan fingerprint density at radius 1 is 1.16 bits per heavy atom. The molecule has 6 heterocycles. The molecule has 0 saturated carbocycles. The van der Waals surface area contributed by atoms with E-state index < -0.39 is 47.2 Å². The maximum absolute atomic E-state index is 14.6. The molecule has 0 spiro atoms. The van der Waals surface area contributed by atoms with Crippen molar-refractivity contribution in [2.45, 2.75) is 104 Å². The fraction of sp³-hybridized carbons (Fsp3) is 0.553. The molecule has 4 aliphatic heterocycles. The van der Waals surface area contributed by atoms with Gasteiger partial charge in [-0.25, -0.2) is 10.4 Å². The number of hydrogen-bond acceptors (Lipinski definition) is 11. The summed E-state index contributed by atoms with van der Waals surface area (Å²) in [6.07, 6.45) is 6.79. The van der Waals surface area contributed by atoms with Crippen LogP contribution in [0.5, 0.6) is 0 Å². The number of ether oxygens (including phenoxy) is 2. The Morgan fingerprint density at radius 3 is 2.67 bits per heavy atom. The van der Waals surface area contributed by atoms with E-state index >= 15 is 0 Å². The number of aryl methyl sites for hydroxylation is 1. The van der Waals surface area contributed by atoms with Crippen molar-refractivity contribution in [3.8, 4) is 11.3 Å². The Bertz CT molecular complexity index is 2340. The number of likely N-dealkylation sites (N-methyl/N-ethyl adjacent to an activating group) is 1. The van der Waals surface area contributed by atoms with Crippen LogP contribution >= 0.6 is 11.3 Å². The standard InChI is InChI=1S/C47H62N8O7S/c1-10-39(56)54-20-17-30(24-54)44(58)53(8)41(27(2)3)43(57)50-35-22-38-49-36(25-63-38)29-15-16-37-32(21-29)33(42(52(37)7)31-13-11-18-48-40(31)28(4)61-9)23-47(5,6)26-62-46(60)34-14-12-19-55(51-34)45(35)59/h10,15-16,18,21,25,27-28,30,34-35,41,51H,1,11-14,17,19-20,22-24,26H2,2-9H3,(H,50,57)/t28-,30-,34-,35-,41-/m0/s1. The largest absolute Gasteiger partial charge is 0.464 e. The monoisotopic (exact) mass is 882 g/mol. The number of rotatable bonds is 9. The lowest BCUT2D eigenvalue weighted by Gasteiger charge is -2.37. The molecule has 0 radical (unpaired) electrons. The lowest BCUT2D eigenvalue weighted by Crippen LogP contribution is -2.62. The summed E-state index contributed by atoms with van der Waals surface area (Å²) in [6.45, 7) is 14.6. The van der Waals surface area contributed by atoms with Crippen molar-refractivity contribution in [3.63, 3.8) is 0 Å². The lowest BCUT2D eigenvalue weighted by molar-refractivity contribution is -0.155. The number of thiazole rings is 1. The Kier molecular flexibility index (Phi) is 13.7. The number of methoxy groups -OCH3 is 1. The fourth-order valence-electron chi connectivity index (χ4n) is 9.53. The summed E-state index contributed by atoms with van der Waals surface area (Å²) in [5.74, 6) is -2.60. The molecule has 7 rings (SSSR count). The topological polar surface area (TPSA) is 168 Å². The minimum Gasteiger partial charge on any atom is -0.464 e. The van der Waals surface area contributed by atoms with Crippen LogP contribution in [0.3, 0.4) is 0 Å². The van der Waals surface area contributed by atoms with Crippen molar-refractivity contribution in [3.05, 3.63) is 58.2 Å². The van der Waals surface area contributed by atoms with Crippen molar-refractivity contribution in [1.82, 2.24) is 35.1 Å².